The number of hydrogen-bond acceptors (Lipinski definition) is 10. The molecule has 3 aromatic rings. The van der Waals surface area contributed by atoms with E-state index >= 15 is 0 Å². The highest BCUT2D eigenvalue weighted by atomic mass is 32.2. The molecule has 1 aliphatic heterocycles. The number of carbonyl (C=O) groups is 2. The standard InChI is InChI=1S/C15H16F3N3O2S.C15H20F3N3O2S/c1-4-23-14(22)13-9(3)21(20-19-13)11-7-6-10(15(16,17)18)8-12(11)24-5-2;1-4-20-10(3)14(13(22)23,19-21(20)24-5-2)11-8-6-7-9-12(11)15(16,17)18/h6-8H,4-5H2,1-3H3;6-10,19H,4-5H2,1-3H3,(H,22,23). The quantitative estimate of drug-likeness (QED) is 0.0979. The van der Waals surface area contributed by atoms with Crippen LogP contribution >= 0.6 is 23.7 Å². The fourth-order valence-corrected chi connectivity index (χ4v) is 6.79. The molecule has 0 bridgehead atoms. The lowest BCUT2D eigenvalue weighted by atomic mass is 9.81. The van der Waals surface area contributed by atoms with Gasteiger partial charge >= 0.3 is 24.3 Å². The molecule has 2 aromatic carbocycles. The molecular weight excluding hydrogens is 686 g/mol. The number of halogens is 6. The Morgan fingerprint density at radius 1 is 1.02 bits per heavy atom. The maximum Gasteiger partial charge on any atom is 0.416 e. The van der Waals surface area contributed by atoms with Crippen molar-refractivity contribution in [1.82, 2.24) is 30.0 Å². The topological polar surface area (TPSA) is 113 Å². The number of carboxylic acids is 1. The minimum absolute atomic E-state index is 0.0456. The maximum absolute atomic E-state index is 13.4. The van der Waals surface area contributed by atoms with Crippen molar-refractivity contribution in [1.29, 1.82) is 0 Å². The summed E-state index contributed by atoms with van der Waals surface area (Å²) in [6, 6.07) is 7.52. The summed E-state index contributed by atoms with van der Waals surface area (Å²) >= 11 is 2.57. The van der Waals surface area contributed by atoms with E-state index in [9.17, 15) is 41.0 Å². The second-order valence-electron chi connectivity index (χ2n) is 10.2. The summed E-state index contributed by atoms with van der Waals surface area (Å²) in [5.41, 5.74) is -0.135. The molecule has 18 heteroatoms. The molecule has 2 atom stereocenters. The Balaban J connectivity index is 0.000000260. The van der Waals surface area contributed by atoms with E-state index in [1.807, 2.05) is 20.8 Å². The van der Waals surface area contributed by atoms with Gasteiger partial charge in [-0.2, -0.15) is 26.3 Å². The number of hydrogen-bond donors (Lipinski definition) is 2. The van der Waals surface area contributed by atoms with Gasteiger partial charge in [0, 0.05) is 17.2 Å². The first-order valence-corrected chi connectivity index (χ1v) is 16.7. The van der Waals surface area contributed by atoms with Crippen LogP contribution < -0.4 is 5.43 Å². The van der Waals surface area contributed by atoms with Gasteiger partial charge in [-0.15, -0.1) is 21.4 Å². The number of aromatic nitrogens is 3. The van der Waals surface area contributed by atoms with E-state index in [-0.39, 0.29) is 17.9 Å². The molecule has 0 spiro atoms. The van der Waals surface area contributed by atoms with Gasteiger partial charge in [0.2, 0.25) is 0 Å². The van der Waals surface area contributed by atoms with Crippen LogP contribution in [0.4, 0.5) is 26.3 Å². The number of benzene rings is 2. The Morgan fingerprint density at radius 2 is 1.69 bits per heavy atom. The number of carbonyl (C=O) groups excluding carboxylic acids is 1. The molecule has 2 unspecified atom stereocenters. The summed E-state index contributed by atoms with van der Waals surface area (Å²) in [7, 11) is 0. The fraction of sp³-hybridized carbons (Fsp3) is 0.467. The predicted octanol–water partition coefficient (Wildman–Crippen LogP) is 6.98. The highest BCUT2D eigenvalue weighted by molar-refractivity contribution is 7.99. The van der Waals surface area contributed by atoms with Crippen molar-refractivity contribution in [3.05, 3.63) is 70.5 Å². The number of thioether (sulfide) groups is 1. The monoisotopic (exact) mass is 722 g/mol. The van der Waals surface area contributed by atoms with Crippen LogP contribution in [0.5, 0.6) is 0 Å². The minimum Gasteiger partial charge on any atom is -0.480 e. The highest BCUT2D eigenvalue weighted by Gasteiger charge is 2.58. The zero-order valence-corrected chi connectivity index (χ0v) is 28.6. The van der Waals surface area contributed by atoms with Crippen molar-refractivity contribution in [2.75, 3.05) is 24.7 Å². The van der Waals surface area contributed by atoms with Crippen LogP contribution in [0.25, 0.3) is 5.69 Å². The second-order valence-corrected chi connectivity index (χ2v) is 12.6. The molecule has 48 heavy (non-hydrogen) atoms. The van der Waals surface area contributed by atoms with Gasteiger partial charge in [-0.3, -0.25) is 0 Å². The number of rotatable bonds is 10. The number of nitrogens with zero attached hydrogens (tertiary/aromatic N) is 5. The smallest absolute Gasteiger partial charge is 0.416 e. The van der Waals surface area contributed by atoms with E-state index in [4.69, 9.17) is 4.74 Å². The lowest BCUT2D eigenvalue weighted by Crippen LogP contribution is -2.53. The number of carboxylic acid groups (broad SMARTS) is 1. The van der Waals surface area contributed by atoms with Crippen LogP contribution in [0.1, 0.15) is 67.5 Å². The maximum atomic E-state index is 13.4. The lowest BCUT2D eigenvalue weighted by molar-refractivity contribution is -0.148. The average Bonchev–Trinajstić information content (AvgIpc) is 3.54. The third kappa shape index (κ3) is 8.10. The van der Waals surface area contributed by atoms with Crippen molar-refractivity contribution in [2.45, 2.75) is 70.4 Å². The van der Waals surface area contributed by atoms with Crippen LogP contribution in [0.2, 0.25) is 0 Å². The van der Waals surface area contributed by atoms with Crippen LogP contribution in [0, 0.1) is 6.92 Å². The van der Waals surface area contributed by atoms with Gasteiger partial charge in [0.15, 0.2) is 11.2 Å². The van der Waals surface area contributed by atoms with Crippen molar-refractivity contribution in [3.63, 3.8) is 0 Å². The van der Waals surface area contributed by atoms with E-state index in [1.165, 1.54) is 57.2 Å². The third-order valence-corrected chi connectivity index (χ3v) is 9.06. The van der Waals surface area contributed by atoms with Gasteiger partial charge < -0.3 is 9.84 Å². The van der Waals surface area contributed by atoms with Crippen molar-refractivity contribution < 1.29 is 45.8 Å². The van der Waals surface area contributed by atoms with E-state index in [2.05, 4.69) is 15.7 Å². The molecule has 10 nitrogen and oxygen atoms in total. The van der Waals surface area contributed by atoms with Crippen molar-refractivity contribution >= 4 is 35.6 Å². The number of hydrazine groups is 2. The minimum atomic E-state index is -4.64. The lowest BCUT2D eigenvalue weighted by Gasteiger charge is -2.31. The van der Waals surface area contributed by atoms with Gasteiger partial charge in [-0.05, 0) is 68.3 Å². The molecule has 1 aliphatic rings. The van der Waals surface area contributed by atoms with Gasteiger partial charge in [0.25, 0.3) is 0 Å². The average molecular weight is 723 g/mol. The Kier molecular flexibility index (Phi) is 13.0. The van der Waals surface area contributed by atoms with Crippen LogP contribution in [0.3, 0.4) is 0 Å². The van der Waals surface area contributed by atoms with Crippen LogP contribution in [0.15, 0.2) is 47.4 Å². The summed E-state index contributed by atoms with van der Waals surface area (Å²) < 4.78 is 86.8. The van der Waals surface area contributed by atoms with E-state index in [0.29, 0.717) is 34.3 Å². The van der Waals surface area contributed by atoms with E-state index in [0.717, 1.165) is 18.2 Å². The van der Waals surface area contributed by atoms with E-state index in [1.54, 1.807) is 25.8 Å². The molecule has 2 heterocycles. The molecule has 0 saturated carbocycles. The Bertz CT molecular complexity index is 1590. The molecule has 2 N–H and O–H groups in total. The van der Waals surface area contributed by atoms with Gasteiger partial charge in [-0.25, -0.2) is 24.7 Å². The number of nitrogens with one attached hydrogen (secondary N) is 1. The summed E-state index contributed by atoms with van der Waals surface area (Å²) in [5.74, 6) is -0.721. The van der Waals surface area contributed by atoms with Gasteiger partial charge in [0.05, 0.1) is 35.2 Å². The number of alkyl halides is 6. The summed E-state index contributed by atoms with van der Waals surface area (Å²) in [6.45, 7) is 11.1. The highest BCUT2D eigenvalue weighted by Crippen LogP contribution is 2.43. The largest absolute Gasteiger partial charge is 0.480 e. The first kappa shape index (κ1) is 39.1. The molecule has 0 aliphatic carbocycles. The number of ether oxygens (including phenoxy) is 1. The normalized spacial score (nSPS) is 18.8. The third-order valence-electron chi connectivity index (χ3n) is 7.33. The number of aliphatic carboxylic acids is 1. The molecule has 1 fully saturated rings. The molecule has 1 aromatic heterocycles. The summed E-state index contributed by atoms with van der Waals surface area (Å²) in [5, 5.41) is 19.3. The zero-order valence-electron chi connectivity index (χ0n) is 26.9. The zero-order chi connectivity index (χ0) is 36.0. The van der Waals surface area contributed by atoms with Crippen LogP contribution in [-0.2, 0) is 27.4 Å². The molecule has 1 saturated heterocycles. The Morgan fingerprint density at radius 3 is 2.23 bits per heavy atom. The Labute approximate surface area is 282 Å². The fourth-order valence-electron chi connectivity index (χ4n) is 5.10. The van der Waals surface area contributed by atoms with Crippen LogP contribution in [-0.4, -0.2) is 72.3 Å². The number of esters is 1. The molecule has 4 rings (SSSR count). The van der Waals surface area contributed by atoms with E-state index < -0.39 is 47.0 Å². The van der Waals surface area contributed by atoms with Crippen molar-refractivity contribution in [3.8, 4) is 5.69 Å². The van der Waals surface area contributed by atoms with Crippen molar-refractivity contribution in [2.24, 2.45) is 0 Å². The molecular formula is C30H36F6N6O4S2. The predicted molar refractivity (Wildman–Crippen MR) is 169 cm³/mol. The first-order valence-electron chi connectivity index (χ1n) is 14.8. The SMILES string of the molecule is CCOC(=O)c1nnn(-c2ccc(C(F)(F)F)cc2SCC)c1C.CCSN1NC(C(=O)O)(c2ccccc2C(F)(F)F)C(C)N1CC. The van der Waals surface area contributed by atoms with Gasteiger partial charge in [0.1, 0.15) is 0 Å². The first-order chi connectivity index (χ1) is 22.5. The molecule has 264 valence electrons. The Hall–Kier alpha value is -3.32. The number of likely N-dealkylation sites (N-methyl/N-ethyl adjacent to an activating group) is 1. The summed E-state index contributed by atoms with van der Waals surface area (Å²) in [4.78, 5) is 24.4. The van der Waals surface area contributed by atoms with Gasteiger partial charge in [-0.1, -0.05) is 44.2 Å². The molecule has 0 radical (unpaired) electrons. The second kappa shape index (κ2) is 15.9. The molecule has 0 amide bonds. The summed E-state index contributed by atoms with van der Waals surface area (Å²) in [6.07, 6.45) is -9.06.